The Kier molecular flexibility index (Phi) is 4.69. The van der Waals surface area contributed by atoms with Crippen LogP contribution in [0.4, 0.5) is 14.5 Å². The summed E-state index contributed by atoms with van der Waals surface area (Å²) in [6.07, 6.45) is 0.512. The first-order chi connectivity index (χ1) is 11.9. The summed E-state index contributed by atoms with van der Waals surface area (Å²) in [5.74, 6) is -1.31. The molecule has 0 bridgehead atoms. The summed E-state index contributed by atoms with van der Waals surface area (Å²) in [7, 11) is 0. The minimum absolute atomic E-state index is 0.0531. The van der Waals surface area contributed by atoms with Crippen LogP contribution >= 0.6 is 11.6 Å². The number of rotatable bonds is 4. The van der Waals surface area contributed by atoms with Crippen molar-refractivity contribution in [2.24, 2.45) is 5.73 Å². The average molecular weight is 365 g/mol. The third-order valence-corrected chi connectivity index (χ3v) is 4.06. The Labute approximate surface area is 147 Å². The lowest BCUT2D eigenvalue weighted by atomic mass is 10.2. The molecule has 0 spiro atoms. The molecule has 0 aliphatic carbocycles. The number of nitrogens with one attached hydrogen (secondary N) is 1. The van der Waals surface area contributed by atoms with Crippen molar-refractivity contribution in [2.45, 2.75) is 19.4 Å². The number of benzene rings is 2. The topological polar surface area (TPSA) is 72.9 Å². The summed E-state index contributed by atoms with van der Waals surface area (Å²) in [5, 5.41) is 0.424. The molecule has 25 heavy (non-hydrogen) atoms. The molecule has 0 radical (unpaired) electrons. The van der Waals surface area contributed by atoms with Gasteiger partial charge in [-0.1, -0.05) is 24.6 Å². The summed E-state index contributed by atoms with van der Waals surface area (Å²) < 4.78 is 28.0. The molecule has 5 nitrogen and oxygen atoms in total. The van der Waals surface area contributed by atoms with E-state index in [1.54, 1.807) is 18.2 Å². The Morgan fingerprint density at radius 3 is 2.60 bits per heavy atom. The number of hydrogen-bond donors (Lipinski definition) is 2. The van der Waals surface area contributed by atoms with E-state index in [-0.39, 0.29) is 21.9 Å². The van der Waals surface area contributed by atoms with Crippen LogP contribution in [-0.4, -0.2) is 9.66 Å². The lowest BCUT2D eigenvalue weighted by Gasteiger charge is -2.19. The quantitative estimate of drug-likeness (QED) is 0.741. The molecule has 1 heterocycles. The molecule has 1 atom stereocenters. The van der Waals surface area contributed by atoms with Crippen molar-refractivity contribution < 1.29 is 8.78 Å². The van der Waals surface area contributed by atoms with Gasteiger partial charge in [-0.05, 0) is 30.7 Å². The Morgan fingerprint density at radius 1 is 1.28 bits per heavy atom. The van der Waals surface area contributed by atoms with E-state index in [1.807, 2.05) is 6.92 Å². The molecule has 0 amide bonds. The van der Waals surface area contributed by atoms with Gasteiger partial charge in [0.05, 0.1) is 27.7 Å². The maximum absolute atomic E-state index is 13.4. The molecule has 8 heteroatoms. The van der Waals surface area contributed by atoms with Crippen molar-refractivity contribution in [3.63, 3.8) is 0 Å². The van der Waals surface area contributed by atoms with Gasteiger partial charge < -0.3 is 5.73 Å². The van der Waals surface area contributed by atoms with Crippen LogP contribution in [0.2, 0.25) is 5.02 Å². The predicted octanol–water partition coefficient (Wildman–Crippen LogP) is 3.61. The number of nitrogens with two attached hydrogens (primary N) is 1. The molecule has 0 fully saturated rings. The molecule has 0 saturated carbocycles. The smallest absolute Gasteiger partial charge is 0.281 e. The van der Waals surface area contributed by atoms with E-state index in [9.17, 15) is 13.6 Å². The highest BCUT2D eigenvalue weighted by Gasteiger charge is 2.18. The van der Waals surface area contributed by atoms with Crippen LogP contribution in [-0.2, 0) is 0 Å². The molecule has 1 aromatic heterocycles. The Hall–Kier alpha value is -2.51. The highest BCUT2D eigenvalue weighted by molar-refractivity contribution is 6.35. The predicted molar refractivity (Wildman–Crippen MR) is 93.6 cm³/mol. The van der Waals surface area contributed by atoms with Gasteiger partial charge in [0.1, 0.15) is 17.5 Å². The average Bonchev–Trinajstić information content (AvgIpc) is 2.55. The molecule has 3 aromatic rings. The third kappa shape index (κ3) is 3.33. The maximum Gasteiger partial charge on any atom is 0.281 e. The molecule has 3 N–H and O–H groups in total. The maximum atomic E-state index is 13.4. The van der Waals surface area contributed by atoms with Crippen molar-refractivity contribution in [2.75, 3.05) is 5.43 Å². The standard InChI is InChI=1S/C17H15ClF2N4O/c1-2-13(21)16-22-14-5-3-4-12(18)15(14)17(25)24(16)23-11-7-9(19)6-10(20)8-11/h3-8,13,23H,2,21H2,1H3/t13-/m0/s1. The van der Waals surface area contributed by atoms with Crippen LogP contribution < -0.4 is 16.7 Å². The fourth-order valence-corrected chi connectivity index (χ4v) is 2.74. The fraction of sp³-hybridized carbons (Fsp3) is 0.176. The lowest BCUT2D eigenvalue weighted by Crippen LogP contribution is -2.34. The van der Waals surface area contributed by atoms with Crippen LogP contribution in [0.5, 0.6) is 0 Å². The summed E-state index contributed by atoms with van der Waals surface area (Å²) in [6, 6.07) is 7.21. The molecular weight excluding hydrogens is 350 g/mol. The van der Waals surface area contributed by atoms with Crippen LogP contribution in [0.1, 0.15) is 25.2 Å². The monoisotopic (exact) mass is 364 g/mol. The summed E-state index contributed by atoms with van der Waals surface area (Å²) >= 11 is 6.12. The largest absolute Gasteiger partial charge is 0.321 e. The number of nitrogens with zero attached hydrogens (tertiary/aromatic N) is 2. The Bertz CT molecular complexity index is 986. The minimum Gasteiger partial charge on any atom is -0.321 e. The molecule has 0 aliphatic rings. The second kappa shape index (κ2) is 6.78. The van der Waals surface area contributed by atoms with Gasteiger partial charge in [0.15, 0.2) is 0 Å². The first-order valence-electron chi connectivity index (χ1n) is 7.60. The molecule has 130 valence electrons. The van der Waals surface area contributed by atoms with Crippen LogP contribution in [0, 0.1) is 11.6 Å². The van der Waals surface area contributed by atoms with E-state index >= 15 is 0 Å². The Balaban J connectivity index is 2.25. The van der Waals surface area contributed by atoms with E-state index < -0.39 is 23.2 Å². The highest BCUT2D eigenvalue weighted by atomic mass is 35.5. The minimum atomic E-state index is -0.774. The first kappa shape index (κ1) is 17.3. The van der Waals surface area contributed by atoms with Gasteiger partial charge in [0.2, 0.25) is 0 Å². The zero-order chi connectivity index (χ0) is 18.1. The van der Waals surface area contributed by atoms with Gasteiger partial charge in [0.25, 0.3) is 5.56 Å². The van der Waals surface area contributed by atoms with Crippen molar-refractivity contribution >= 4 is 28.2 Å². The molecule has 0 unspecified atom stereocenters. The number of aromatic nitrogens is 2. The highest BCUT2D eigenvalue weighted by Crippen LogP contribution is 2.21. The second-order valence-electron chi connectivity index (χ2n) is 5.53. The van der Waals surface area contributed by atoms with Gasteiger partial charge in [-0.2, -0.15) is 0 Å². The third-order valence-electron chi connectivity index (χ3n) is 3.75. The zero-order valence-corrected chi connectivity index (χ0v) is 14.0. The van der Waals surface area contributed by atoms with E-state index in [0.29, 0.717) is 11.9 Å². The fourth-order valence-electron chi connectivity index (χ4n) is 2.49. The zero-order valence-electron chi connectivity index (χ0n) is 13.3. The van der Waals surface area contributed by atoms with Crippen LogP contribution in [0.3, 0.4) is 0 Å². The van der Waals surface area contributed by atoms with E-state index in [1.165, 1.54) is 0 Å². The number of halogens is 3. The van der Waals surface area contributed by atoms with Crippen molar-refractivity contribution in [3.05, 3.63) is 69.2 Å². The van der Waals surface area contributed by atoms with E-state index in [0.717, 1.165) is 22.9 Å². The second-order valence-corrected chi connectivity index (χ2v) is 5.94. The van der Waals surface area contributed by atoms with Crippen molar-refractivity contribution in [1.29, 1.82) is 0 Å². The lowest BCUT2D eigenvalue weighted by molar-refractivity contribution is 0.581. The molecule has 0 aliphatic heterocycles. The van der Waals surface area contributed by atoms with Crippen LogP contribution in [0.15, 0.2) is 41.2 Å². The summed E-state index contributed by atoms with van der Waals surface area (Å²) in [5.41, 5.74) is 8.70. The molecule has 3 rings (SSSR count). The summed E-state index contributed by atoms with van der Waals surface area (Å²) in [6.45, 7) is 1.84. The van der Waals surface area contributed by atoms with Gasteiger partial charge >= 0.3 is 0 Å². The summed E-state index contributed by atoms with van der Waals surface area (Å²) in [4.78, 5) is 17.3. The first-order valence-corrected chi connectivity index (χ1v) is 7.98. The number of anilines is 1. The molecule has 0 saturated heterocycles. The SMILES string of the molecule is CC[C@H](N)c1nc2cccc(Cl)c2c(=O)n1Nc1cc(F)cc(F)c1. The van der Waals surface area contributed by atoms with Gasteiger partial charge in [-0.25, -0.2) is 18.4 Å². The Morgan fingerprint density at radius 2 is 1.96 bits per heavy atom. The molecular formula is C17H15ClF2N4O. The van der Waals surface area contributed by atoms with Crippen LogP contribution in [0.25, 0.3) is 10.9 Å². The molecule has 2 aromatic carbocycles. The normalized spacial score (nSPS) is 12.4. The van der Waals surface area contributed by atoms with Crippen molar-refractivity contribution in [1.82, 2.24) is 9.66 Å². The van der Waals surface area contributed by atoms with E-state index in [4.69, 9.17) is 17.3 Å². The number of fused-ring (bicyclic) bond motifs is 1. The van der Waals surface area contributed by atoms with E-state index in [2.05, 4.69) is 10.4 Å². The van der Waals surface area contributed by atoms with Gasteiger partial charge in [0, 0.05) is 6.07 Å². The van der Waals surface area contributed by atoms with Gasteiger partial charge in [-0.3, -0.25) is 10.2 Å². The van der Waals surface area contributed by atoms with Crippen molar-refractivity contribution in [3.8, 4) is 0 Å². The van der Waals surface area contributed by atoms with Gasteiger partial charge in [-0.15, -0.1) is 0 Å². The number of hydrogen-bond acceptors (Lipinski definition) is 4.